The molecule has 4 rings (SSSR count). The first-order chi connectivity index (χ1) is 9.16. The molecule has 2 fully saturated rings. The van der Waals surface area contributed by atoms with Crippen LogP contribution in [0.1, 0.15) is 6.42 Å². The van der Waals surface area contributed by atoms with E-state index in [9.17, 15) is 8.42 Å². The Kier molecular flexibility index (Phi) is 2.63. The minimum atomic E-state index is -3.44. The van der Waals surface area contributed by atoms with Gasteiger partial charge in [-0.2, -0.15) is 24.8 Å². The third kappa shape index (κ3) is 1.74. The van der Waals surface area contributed by atoms with Crippen molar-refractivity contribution in [2.45, 2.75) is 22.6 Å². The fraction of sp³-hybridized carbons (Fsp3) is 0.455. The van der Waals surface area contributed by atoms with Crippen molar-refractivity contribution in [1.82, 2.24) is 13.1 Å². The molecular weight excluding hydrogens is 302 g/mol. The van der Waals surface area contributed by atoms with Gasteiger partial charge in [-0.3, -0.25) is 0 Å². The van der Waals surface area contributed by atoms with Gasteiger partial charge in [0, 0.05) is 23.6 Å². The lowest BCUT2D eigenvalue weighted by molar-refractivity contribution is 0.410. The van der Waals surface area contributed by atoms with Crippen molar-refractivity contribution < 1.29 is 8.42 Å². The zero-order valence-corrected chi connectivity index (χ0v) is 12.3. The average Bonchev–Trinajstić information content (AvgIpc) is 3.13. The fourth-order valence-electron chi connectivity index (χ4n) is 2.77. The van der Waals surface area contributed by atoms with Crippen molar-refractivity contribution in [2.75, 3.05) is 12.3 Å². The molecule has 2 saturated heterocycles. The maximum atomic E-state index is 12.8. The Morgan fingerprint density at radius 2 is 2.21 bits per heavy atom. The molecule has 2 aliphatic rings. The van der Waals surface area contributed by atoms with E-state index in [2.05, 4.69) is 8.75 Å². The highest BCUT2D eigenvalue weighted by Gasteiger charge is 2.45. The van der Waals surface area contributed by atoms with Gasteiger partial charge in [-0.1, -0.05) is 6.07 Å². The van der Waals surface area contributed by atoms with Gasteiger partial charge in [-0.15, -0.1) is 0 Å². The Hall–Kier alpha value is -0.700. The minimum absolute atomic E-state index is 0.154. The zero-order valence-electron chi connectivity index (χ0n) is 9.89. The summed E-state index contributed by atoms with van der Waals surface area (Å²) in [5.41, 5.74) is 1.16. The maximum absolute atomic E-state index is 12.8. The summed E-state index contributed by atoms with van der Waals surface area (Å²) >= 11 is 2.93. The number of fused-ring (bicyclic) bond motifs is 3. The topological polar surface area (TPSA) is 63.2 Å². The van der Waals surface area contributed by atoms with Gasteiger partial charge in [0.15, 0.2) is 0 Å². The van der Waals surface area contributed by atoms with Crippen molar-refractivity contribution in [1.29, 1.82) is 0 Å². The SMILES string of the molecule is O=S(=O)(c1cccc2nsnc12)N1CC2CC1CS2. The lowest BCUT2D eigenvalue weighted by Crippen LogP contribution is -2.39. The first kappa shape index (κ1) is 12.1. The molecular formula is C11H11N3O2S3. The van der Waals surface area contributed by atoms with Crippen LogP contribution >= 0.6 is 23.5 Å². The van der Waals surface area contributed by atoms with E-state index in [4.69, 9.17) is 0 Å². The fourth-order valence-corrected chi connectivity index (χ4v) is 6.83. The van der Waals surface area contributed by atoms with Crippen LogP contribution < -0.4 is 0 Å². The first-order valence-electron chi connectivity index (χ1n) is 6.01. The van der Waals surface area contributed by atoms with Crippen molar-refractivity contribution in [3.05, 3.63) is 18.2 Å². The summed E-state index contributed by atoms with van der Waals surface area (Å²) in [4.78, 5) is 0.302. The Morgan fingerprint density at radius 1 is 1.32 bits per heavy atom. The van der Waals surface area contributed by atoms with E-state index in [0.717, 1.165) is 23.9 Å². The number of hydrogen-bond donors (Lipinski definition) is 0. The van der Waals surface area contributed by atoms with Crippen molar-refractivity contribution in [2.24, 2.45) is 0 Å². The lowest BCUT2D eigenvalue weighted by atomic mass is 10.3. The normalized spacial score (nSPS) is 27.4. The number of sulfonamides is 1. The number of hydrogen-bond acceptors (Lipinski definition) is 6. The number of thioether (sulfide) groups is 1. The third-order valence-corrected chi connectivity index (χ3v) is 7.57. The molecule has 1 aromatic heterocycles. The summed E-state index contributed by atoms with van der Waals surface area (Å²) in [7, 11) is -3.44. The monoisotopic (exact) mass is 313 g/mol. The van der Waals surface area contributed by atoms with Gasteiger partial charge in [0.2, 0.25) is 10.0 Å². The van der Waals surface area contributed by atoms with E-state index >= 15 is 0 Å². The van der Waals surface area contributed by atoms with E-state index in [1.165, 1.54) is 0 Å². The molecule has 2 atom stereocenters. The Morgan fingerprint density at radius 3 is 2.95 bits per heavy atom. The van der Waals surface area contributed by atoms with E-state index in [1.807, 2.05) is 11.8 Å². The van der Waals surface area contributed by atoms with Crippen LogP contribution in [0.4, 0.5) is 0 Å². The molecule has 2 aromatic rings. The van der Waals surface area contributed by atoms with Crippen LogP contribution in [-0.2, 0) is 10.0 Å². The standard InChI is InChI=1S/C11H11N3O2S3/c15-19(16,14-5-8-4-7(14)6-17-8)10-3-1-2-9-11(10)13-18-12-9/h1-3,7-8H,4-6H2. The van der Waals surface area contributed by atoms with Gasteiger partial charge in [0.05, 0.1) is 11.7 Å². The van der Waals surface area contributed by atoms with Crippen molar-refractivity contribution >= 4 is 44.5 Å². The van der Waals surface area contributed by atoms with Gasteiger partial charge >= 0.3 is 0 Å². The molecule has 5 nitrogen and oxygen atoms in total. The van der Waals surface area contributed by atoms with Crippen LogP contribution in [0, 0.1) is 0 Å². The van der Waals surface area contributed by atoms with E-state index in [1.54, 1.807) is 22.5 Å². The van der Waals surface area contributed by atoms with Crippen LogP contribution in [0.25, 0.3) is 11.0 Å². The molecule has 0 N–H and O–H groups in total. The summed E-state index contributed by atoms with van der Waals surface area (Å²) in [6.45, 7) is 0.631. The van der Waals surface area contributed by atoms with Gasteiger partial charge in [-0.05, 0) is 18.6 Å². The molecule has 3 heterocycles. The highest BCUT2D eigenvalue weighted by molar-refractivity contribution is 8.00. The van der Waals surface area contributed by atoms with E-state index < -0.39 is 10.0 Å². The summed E-state index contributed by atoms with van der Waals surface area (Å²) in [6.07, 6.45) is 0.981. The second-order valence-electron chi connectivity index (χ2n) is 4.81. The third-order valence-electron chi connectivity index (χ3n) is 3.69. The van der Waals surface area contributed by atoms with Crippen molar-refractivity contribution in [3.8, 4) is 0 Å². The van der Waals surface area contributed by atoms with Gasteiger partial charge in [-0.25, -0.2) is 8.42 Å². The molecule has 0 saturated carbocycles. The van der Waals surface area contributed by atoms with Crippen LogP contribution in [-0.4, -0.2) is 45.1 Å². The molecule has 19 heavy (non-hydrogen) atoms. The summed E-state index contributed by atoms with van der Waals surface area (Å²) < 4.78 is 35.5. The van der Waals surface area contributed by atoms with Gasteiger partial charge in [0.1, 0.15) is 15.9 Å². The number of rotatable bonds is 2. The Balaban J connectivity index is 1.85. The molecule has 2 unspecified atom stereocenters. The van der Waals surface area contributed by atoms with Gasteiger partial charge < -0.3 is 0 Å². The first-order valence-corrected chi connectivity index (χ1v) is 9.23. The minimum Gasteiger partial charge on any atom is -0.207 e. The van der Waals surface area contributed by atoms with Crippen LogP contribution in [0.3, 0.4) is 0 Å². The Bertz CT molecular complexity index is 742. The molecule has 2 aliphatic heterocycles. The predicted octanol–water partition coefficient (Wildman–Crippen LogP) is 1.57. The second-order valence-corrected chi connectivity index (χ2v) is 8.53. The summed E-state index contributed by atoms with van der Waals surface area (Å²) in [5.74, 6) is 0.912. The van der Waals surface area contributed by atoms with Crippen LogP contribution in [0.15, 0.2) is 23.1 Å². The maximum Gasteiger partial charge on any atom is 0.245 e. The average molecular weight is 313 g/mol. The number of benzene rings is 1. The lowest BCUT2D eigenvalue weighted by Gasteiger charge is -2.25. The number of nitrogens with zero attached hydrogens (tertiary/aromatic N) is 3. The number of aromatic nitrogens is 2. The zero-order chi connectivity index (χ0) is 13.0. The van der Waals surface area contributed by atoms with Crippen molar-refractivity contribution in [3.63, 3.8) is 0 Å². The molecule has 1 aromatic carbocycles. The summed E-state index contributed by atoms with van der Waals surface area (Å²) in [6, 6.07) is 5.32. The Labute approximate surface area is 119 Å². The molecule has 0 radical (unpaired) electrons. The molecule has 2 bridgehead atoms. The second kappa shape index (κ2) is 4.15. The van der Waals surface area contributed by atoms with E-state index in [-0.39, 0.29) is 6.04 Å². The molecule has 0 amide bonds. The highest BCUT2D eigenvalue weighted by Crippen LogP contribution is 2.41. The van der Waals surface area contributed by atoms with Crippen LogP contribution in [0.2, 0.25) is 0 Å². The van der Waals surface area contributed by atoms with Crippen LogP contribution in [0.5, 0.6) is 0 Å². The highest BCUT2D eigenvalue weighted by atomic mass is 32.2. The quantitative estimate of drug-likeness (QED) is 0.842. The molecule has 0 spiro atoms. The smallest absolute Gasteiger partial charge is 0.207 e. The molecule has 0 aliphatic carbocycles. The largest absolute Gasteiger partial charge is 0.245 e. The molecule has 100 valence electrons. The molecule has 8 heteroatoms. The predicted molar refractivity (Wildman–Crippen MR) is 76.0 cm³/mol. The van der Waals surface area contributed by atoms with E-state index in [0.29, 0.717) is 27.7 Å². The summed E-state index contributed by atoms with van der Waals surface area (Å²) in [5, 5.41) is 0.465. The van der Waals surface area contributed by atoms with Gasteiger partial charge in [0.25, 0.3) is 0 Å².